The van der Waals surface area contributed by atoms with E-state index < -0.39 is 6.04 Å². The van der Waals surface area contributed by atoms with E-state index >= 15 is 0 Å². The molecule has 5 nitrogen and oxygen atoms in total. The first-order valence-electron chi connectivity index (χ1n) is 8.55. The highest BCUT2D eigenvalue weighted by Crippen LogP contribution is 2.11. The number of nitrogens with two attached hydrogens (primary N) is 1. The van der Waals surface area contributed by atoms with Crippen LogP contribution in [0.15, 0.2) is 48.5 Å². The Morgan fingerprint density at radius 3 is 2.23 bits per heavy atom. The Hall–Kier alpha value is -2.53. The lowest BCUT2D eigenvalue weighted by Crippen LogP contribution is -2.50. The third-order valence-corrected chi connectivity index (χ3v) is 4.29. The number of nitrogen functional groups attached to an aromatic ring is 1. The van der Waals surface area contributed by atoms with Crippen LogP contribution in [0.5, 0.6) is 0 Å². The smallest absolute Gasteiger partial charge is 0.251 e. The molecule has 2 aromatic rings. The molecule has 0 aromatic heterocycles. The fraction of sp³-hybridized carbons (Fsp3) is 0.300. The standard InChI is InChI=1S/C20H24ClN3O2/c1-13(2)18(24-19(25)15-5-7-16(21)8-6-15)20(26)23-12-11-14-3-9-17(22)10-4-14/h3-10,13,18H,11-12,22H2,1-2H3,(H,23,26)(H,24,25). The summed E-state index contributed by atoms with van der Waals surface area (Å²) in [7, 11) is 0. The molecule has 0 heterocycles. The molecule has 0 bridgehead atoms. The third-order valence-electron chi connectivity index (χ3n) is 4.03. The number of benzene rings is 2. The van der Waals surface area contributed by atoms with Gasteiger partial charge in [0.1, 0.15) is 6.04 Å². The maximum Gasteiger partial charge on any atom is 0.251 e. The fourth-order valence-electron chi connectivity index (χ4n) is 2.49. The molecule has 0 saturated carbocycles. The monoisotopic (exact) mass is 373 g/mol. The SMILES string of the molecule is CC(C)C(NC(=O)c1ccc(Cl)cc1)C(=O)NCCc1ccc(N)cc1. The van der Waals surface area contributed by atoms with Crippen LogP contribution in [0.3, 0.4) is 0 Å². The predicted octanol–water partition coefficient (Wildman–Crippen LogP) is 3.04. The van der Waals surface area contributed by atoms with E-state index in [0.717, 1.165) is 5.56 Å². The summed E-state index contributed by atoms with van der Waals surface area (Å²) in [6.45, 7) is 4.28. The maximum atomic E-state index is 12.5. The highest BCUT2D eigenvalue weighted by Gasteiger charge is 2.24. The van der Waals surface area contributed by atoms with Gasteiger partial charge in [-0.1, -0.05) is 37.6 Å². The molecule has 2 amide bonds. The third kappa shape index (κ3) is 5.77. The number of nitrogens with one attached hydrogen (secondary N) is 2. The minimum atomic E-state index is -0.607. The molecule has 1 unspecified atom stereocenters. The number of carbonyl (C=O) groups excluding carboxylic acids is 2. The van der Waals surface area contributed by atoms with Gasteiger partial charge in [0, 0.05) is 22.8 Å². The van der Waals surface area contributed by atoms with Gasteiger partial charge in [0.05, 0.1) is 0 Å². The van der Waals surface area contributed by atoms with Crippen LogP contribution >= 0.6 is 11.6 Å². The van der Waals surface area contributed by atoms with E-state index in [1.807, 2.05) is 38.1 Å². The summed E-state index contributed by atoms with van der Waals surface area (Å²) in [6.07, 6.45) is 0.696. The number of halogens is 1. The Morgan fingerprint density at radius 1 is 1.04 bits per heavy atom. The van der Waals surface area contributed by atoms with Crippen LogP contribution in [-0.4, -0.2) is 24.4 Å². The van der Waals surface area contributed by atoms with E-state index in [4.69, 9.17) is 17.3 Å². The van der Waals surface area contributed by atoms with Crippen molar-refractivity contribution in [2.75, 3.05) is 12.3 Å². The van der Waals surface area contributed by atoms with E-state index in [1.165, 1.54) is 0 Å². The average Bonchev–Trinajstić information content (AvgIpc) is 2.61. The maximum absolute atomic E-state index is 12.5. The lowest BCUT2D eigenvalue weighted by molar-refractivity contribution is -0.123. The minimum absolute atomic E-state index is 0.0391. The molecule has 0 spiro atoms. The zero-order chi connectivity index (χ0) is 19.1. The van der Waals surface area contributed by atoms with Gasteiger partial charge in [-0.05, 0) is 54.3 Å². The molecule has 0 fully saturated rings. The van der Waals surface area contributed by atoms with Crippen LogP contribution in [0.1, 0.15) is 29.8 Å². The molecule has 0 aliphatic carbocycles. The molecule has 2 rings (SSSR count). The first-order valence-corrected chi connectivity index (χ1v) is 8.93. The largest absolute Gasteiger partial charge is 0.399 e. The molecule has 6 heteroatoms. The van der Waals surface area contributed by atoms with Crippen molar-refractivity contribution in [3.63, 3.8) is 0 Å². The highest BCUT2D eigenvalue weighted by molar-refractivity contribution is 6.30. The number of anilines is 1. The molecule has 0 aliphatic heterocycles. The summed E-state index contributed by atoms with van der Waals surface area (Å²) in [5.41, 5.74) is 7.93. The number of hydrogen-bond donors (Lipinski definition) is 3. The summed E-state index contributed by atoms with van der Waals surface area (Å²) < 4.78 is 0. The number of carbonyl (C=O) groups is 2. The second-order valence-electron chi connectivity index (χ2n) is 6.48. The van der Waals surface area contributed by atoms with E-state index in [-0.39, 0.29) is 17.7 Å². The summed E-state index contributed by atoms with van der Waals surface area (Å²) in [6, 6.07) is 13.5. The summed E-state index contributed by atoms with van der Waals surface area (Å²) in [5, 5.41) is 6.24. The first-order chi connectivity index (χ1) is 12.4. The van der Waals surface area contributed by atoms with Crippen LogP contribution in [0.4, 0.5) is 5.69 Å². The Bertz CT molecular complexity index is 743. The Balaban J connectivity index is 1.90. The van der Waals surface area contributed by atoms with Gasteiger partial charge >= 0.3 is 0 Å². The molecule has 0 radical (unpaired) electrons. The Kier molecular flexibility index (Phi) is 7.04. The molecule has 4 N–H and O–H groups in total. The van der Waals surface area contributed by atoms with E-state index in [0.29, 0.717) is 29.2 Å². The van der Waals surface area contributed by atoms with E-state index in [2.05, 4.69) is 10.6 Å². The van der Waals surface area contributed by atoms with Crippen LogP contribution in [0.2, 0.25) is 5.02 Å². The van der Waals surface area contributed by atoms with Crippen molar-refractivity contribution < 1.29 is 9.59 Å². The summed E-state index contributed by atoms with van der Waals surface area (Å²) in [4.78, 5) is 24.8. The van der Waals surface area contributed by atoms with Crippen molar-refractivity contribution in [3.05, 3.63) is 64.7 Å². The van der Waals surface area contributed by atoms with Gasteiger partial charge in [-0.25, -0.2) is 0 Å². The summed E-state index contributed by atoms with van der Waals surface area (Å²) in [5.74, 6) is -0.533. The van der Waals surface area contributed by atoms with Gasteiger partial charge in [-0.15, -0.1) is 0 Å². The number of rotatable bonds is 7. The van der Waals surface area contributed by atoms with E-state index in [9.17, 15) is 9.59 Å². The zero-order valence-corrected chi connectivity index (χ0v) is 15.7. The van der Waals surface area contributed by atoms with Crippen LogP contribution in [-0.2, 0) is 11.2 Å². The van der Waals surface area contributed by atoms with Gasteiger partial charge in [-0.2, -0.15) is 0 Å². The van der Waals surface area contributed by atoms with E-state index in [1.54, 1.807) is 24.3 Å². The van der Waals surface area contributed by atoms with Gasteiger partial charge < -0.3 is 16.4 Å². The molecule has 0 saturated heterocycles. The van der Waals surface area contributed by atoms with Crippen LogP contribution < -0.4 is 16.4 Å². The van der Waals surface area contributed by atoms with Crippen LogP contribution in [0, 0.1) is 5.92 Å². The predicted molar refractivity (Wildman–Crippen MR) is 105 cm³/mol. The lowest BCUT2D eigenvalue weighted by Gasteiger charge is -2.22. The molecule has 2 aromatic carbocycles. The number of amides is 2. The van der Waals surface area contributed by atoms with Crippen LogP contribution in [0.25, 0.3) is 0 Å². The molecule has 0 aliphatic rings. The van der Waals surface area contributed by atoms with Crippen molar-refractivity contribution in [1.29, 1.82) is 0 Å². The second kappa shape index (κ2) is 9.25. The van der Waals surface area contributed by atoms with Gasteiger partial charge in [0.15, 0.2) is 0 Å². The van der Waals surface area contributed by atoms with Gasteiger partial charge in [0.2, 0.25) is 5.91 Å². The first kappa shape index (κ1) is 19.8. The van der Waals surface area contributed by atoms with Crippen molar-refractivity contribution in [2.45, 2.75) is 26.3 Å². The quantitative estimate of drug-likeness (QED) is 0.652. The molecular formula is C20H24ClN3O2. The molecule has 26 heavy (non-hydrogen) atoms. The summed E-state index contributed by atoms with van der Waals surface area (Å²) >= 11 is 5.84. The fourth-order valence-corrected chi connectivity index (χ4v) is 2.61. The Morgan fingerprint density at radius 2 is 1.65 bits per heavy atom. The molecular weight excluding hydrogens is 350 g/mol. The van der Waals surface area contributed by atoms with Gasteiger partial charge in [-0.3, -0.25) is 9.59 Å². The normalized spacial score (nSPS) is 11.8. The number of hydrogen-bond acceptors (Lipinski definition) is 3. The van der Waals surface area contributed by atoms with Crippen molar-refractivity contribution >= 4 is 29.1 Å². The van der Waals surface area contributed by atoms with Gasteiger partial charge in [0.25, 0.3) is 5.91 Å². The minimum Gasteiger partial charge on any atom is -0.399 e. The van der Waals surface area contributed by atoms with Crippen molar-refractivity contribution in [2.24, 2.45) is 5.92 Å². The zero-order valence-electron chi connectivity index (χ0n) is 15.0. The highest BCUT2D eigenvalue weighted by atomic mass is 35.5. The molecule has 138 valence electrons. The van der Waals surface area contributed by atoms with Crippen molar-refractivity contribution in [1.82, 2.24) is 10.6 Å². The van der Waals surface area contributed by atoms with Crippen molar-refractivity contribution in [3.8, 4) is 0 Å². The average molecular weight is 374 g/mol. The molecule has 1 atom stereocenters. The lowest BCUT2D eigenvalue weighted by atomic mass is 10.0. The Labute approximate surface area is 158 Å². The topological polar surface area (TPSA) is 84.2 Å². The second-order valence-corrected chi connectivity index (χ2v) is 6.92.